The van der Waals surface area contributed by atoms with Crippen molar-refractivity contribution in [3.63, 3.8) is 0 Å². The molecule has 0 saturated carbocycles. The zero-order chi connectivity index (χ0) is 53.5. The van der Waals surface area contributed by atoms with E-state index in [0.29, 0.717) is 17.4 Å². The Labute approximate surface area is 451 Å². The van der Waals surface area contributed by atoms with Crippen molar-refractivity contribution in [3.8, 4) is 0 Å². The number of phosphoric ester groups is 1. The molecule has 73 heavy (non-hydrogen) atoms. The SMILES string of the molecule is CC/C=C\C/C=C\C/C=C\C/C=C\C/C=C\C/C=C\C/C=C\CCCCCC(=O)NC(COP(=O)([O-])OCC[N+](C)(C)C)C(O)/C=C/CC/C=C/CCCCCCCCCCCCCCCCCCCCCC. The van der Waals surface area contributed by atoms with E-state index in [-0.39, 0.29) is 18.9 Å². The van der Waals surface area contributed by atoms with Gasteiger partial charge in [-0.1, -0.05) is 252 Å². The van der Waals surface area contributed by atoms with Gasteiger partial charge in [0.2, 0.25) is 5.91 Å². The lowest BCUT2D eigenvalue weighted by atomic mass is 10.0. The van der Waals surface area contributed by atoms with E-state index in [1.165, 1.54) is 128 Å². The molecule has 0 bridgehead atoms. The molecule has 0 aromatic rings. The molecule has 2 N–H and O–H groups in total. The minimum atomic E-state index is -4.63. The molecule has 0 fully saturated rings. The first-order valence-electron chi connectivity index (χ1n) is 29.7. The fourth-order valence-corrected chi connectivity index (χ4v) is 8.81. The van der Waals surface area contributed by atoms with Gasteiger partial charge in [-0.25, -0.2) is 0 Å². The molecule has 0 aromatic heterocycles. The fourth-order valence-electron chi connectivity index (χ4n) is 8.09. The van der Waals surface area contributed by atoms with Gasteiger partial charge < -0.3 is 28.8 Å². The molecule has 0 aliphatic rings. The van der Waals surface area contributed by atoms with Gasteiger partial charge >= 0.3 is 0 Å². The van der Waals surface area contributed by atoms with Crippen LogP contribution in [-0.2, 0) is 18.4 Å². The molecule has 3 unspecified atom stereocenters. The van der Waals surface area contributed by atoms with Crippen LogP contribution in [0.15, 0.2) is 109 Å². The van der Waals surface area contributed by atoms with Crippen LogP contribution in [0.5, 0.6) is 0 Å². The average molecular weight is 1040 g/mol. The topological polar surface area (TPSA) is 108 Å². The van der Waals surface area contributed by atoms with E-state index < -0.39 is 26.6 Å². The van der Waals surface area contributed by atoms with Crippen LogP contribution >= 0.6 is 7.82 Å². The van der Waals surface area contributed by atoms with E-state index in [1.807, 2.05) is 27.2 Å². The number of unbranched alkanes of at least 4 members (excludes halogenated alkanes) is 24. The van der Waals surface area contributed by atoms with E-state index in [4.69, 9.17) is 9.05 Å². The maximum absolute atomic E-state index is 13.0. The molecule has 0 aliphatic carbocycles. The van der Waals surface area contributed by atoms with Crippen molar-refractivity contribution in [2.45, 2.75) is 251 Å². The highest BCUT2D eigenvalue weighted by Crippen LogP contribution is 2.38. The van der Waals surface area contributed by atoms with Crippen molar-refractivity contribution in [2.24, 2.45) is 0 Å². The van der Waals surface area contributed by atoms with E-state index in [0.717, 1.165) is 83.5 Å². The molecular formula is C64H113N2O6P. The Bertz CT molecular complexity index is 1550. The van der Waals surface area contributed by atoms with Crippen LogP contribution in [0.4, 0.5) is 0 Å². The van der Waals surface area contributed by atoms with Gasteiger partial charge in [0.1, 0.15) is 13.2 Å². The second-order valence-electron chi connectivity index (χ2n) is 21.0. The molecule has 0 aliphatic heterocycles. The van der Waals surface area contributed by atoms with Gasteiger partial charge in [0.05, 0.1) is 39.9 Å². The molecule has 0 aromatic carbocycles. The number of aliphatic hydroxyl groups excluding tert-OH is 1. The van der Waals surface area contributed by atoms with Gasteiger partial charge in [0.15, 0.2) is 0 Å². The maximum Gasteiger partial charge on any atom is 0.268 e. The predicted molar refractivity (Wildman–Crippen MR) is 316 cm³/mol. The quantitative estimate of drug-likeness (QED) is 0.0272. The monoisotopic (exact) mass is 1040 g/mol. The van der Waals surface area contributed by atoms with Gasteiger partial charge in [-0.15, -0.1) is 0 Å². The summed E-state index contributed by atoms with van der Waals surface area (Å²) in [5.41, 5.74) is 0. The highest BCUT2D eigenvalue weighted by atomic mass is 31.2. The Hall–Kier alpha value is -2.84. The number of quaternary nitrogens is 1. The van der Waals surface area contributed by atoms with Gasteiger partial charge in [0, 0.05) is 6.42 Å². The van der Waals surface area contributed by atoms with Crippen molar-refractivity contribution in [2.75, 3.05) is 40.9 Å². The van der Waals surface area contributed by atoms with Crippen LogP contribution in [-0.4, -0.2) is 68.5 Å². The van der Waals surface area contributed by atoms with Crippen LogP contribution in [0.1, 0.15) is 239 Å². The Morgan fingerprint density at radius 2 is 0.849 bits per heavy atom. The van der Waals surface area contributed by atoms with Gasteiger partial charge in [-0.05, 0) is 89.9 Å². The van der Waals surface area contributed by atoms with Crippen molar-refractivity contribution >= 4 is 13.7 Å². The molecule has 0 rings (SSSR count). The number of nitrogens with one attached hydrogen (secondary N) is 1. The lowest BCUT2D eigenvalue weighted by Gasteiger charge is -2.29. The second-order valence-corrected chi connectivity index (χ2v) is 22.4. The van der Waals surface area contributed by atoms with Crippen LogP contribution in [0.3, 0.4) is 0 Å². The molecule has 9 heteroatoms. The van der Waals surface area contributed by atoms with Crippen LogP contribution in [0.2, 0.25) is 0 Å². The van der Waals surface area contributed by atoms with E-state index >= 15 is 0 Å². The molecule has 3 atom stereocenters. The summed E-state index contributed by atoms with van der Waals surface area (Å²) in [6.45, 7) is 4.49. The van der Waals surface area contributed by atoms with Crippen molar-refractivity contribution in [1.82, 2.24) is 5.32 Å². The summed E-state index contributed by atoms with van der Waals surface area (Å²) >= 11 is 0. The second kappa shape index (κ2) is 54.0. The number of nitrogens with zero attached hydrogens (tertiary/aromatic N) is 1. The summed E-state index contributed by atoms with van der Waals surface area (Å²) in [5, 5.41) is 13.9. The van der Waals surface area contributed by atoms with Crippen LogP contribution in [0.25, 0.3) is 0 Å². The predicted octanol–water partition coefficient (Wildman–Crippen LogP) is 17.7. The maximum atomic E-state index is 13.0. The number of carbonyl (C=O) groups excluding carboxylic acids is 1. The van der Waals surface area contributed by atoms with Gasteiger partial charge in [0.25, 0.3) is 7.82 Å². The number of carbonyl (C=O) groups is 1. The first-order valence-corrected chi connectivity index (χ1v) is 31.2. The number of likely N-dealkylation sites (N-methyl/N-ethyl adjacent to an activating group) is 1. The summed E-state index contributed by atoms with van der Waals surface area (Å²) < 4.78 is 23.3. The first-order chi connectivity index (χ1) is 35.5. The molecular weight excluding hydrogens is 924 g/mol. The van der Waals surface area contributed by atoms with E-state index in [1.54, 1.807) is 6.08 Å². The fraction of sp³-hybridized carbons (Fsp3) is 0.703. The molecule has 0 spiro atoms. The van der Waals surface area contributed by atoms with Crippen LogP contribution < -0.4 is 10.2 Å². The first kappa shape index (κ1) is 70.2. The lowest BCUT2D eigenvalue weighted by Crippen LogP contribution is -2.45. The van der Waals surface area contributed by atoms with Crippen molar-refractivity contribution in [3.05, 3.63) is 109 Å². The Kier molecular flexibility index (Phi) is 51.9. The minimum absolute atomic E-state index is 0.0193. The molecule has 0 saturated heterocycles. The molecule has 8 nitrogen and oxygen atoms in total. The summed E-state index contributed by atoms with van der Waals surface area (Å²) in [5.74, 6) is -0.242. The number of hydrogen-bond acceptors (Lipinski definition) is 6. The van der Waals surface area contributed by atoms with Gasteiger partial charge in [-0.3, -0.25) is 9.36 Å². The largest absolute Gasteiger partial charge is 0.756 e. The number of rotatable bonds is 53. The summed E-state index contributed by atoms with van der Waals surface area (Å²) in [4.78, 5) is 25.5. The number of hydrogen-bond donors (Lipinski definition) is 2. The normalized spacial score (nSPS) is 14.7. The molecule has 0 heterocycles. The van der Waals surface area contributed by atoms with E-state index in [9.17, 15) is 19.4 Å². The van der Waals surface area contributed by atoms with Crippen LogP contribution in [0, 0.1) is 0 Å². The standard InChI is InChI=1S/C64H113N2O6P/c1-6-8-10-12-14-16-18-20-22-24-26-28-30-32-34-35-37-39-41-43-45-47-49-51-53-55-57-63(67)62(61-72-73(69,70)71-60-59-66(3,4)5)65-64(68)58-56-54-52-50-48-46-44-42-40-38-36-33-31-29-27-25-23-21-19-17-15-13-11-9-7-2/h9,11,15,17,21,23,27,29,33,36,40,42,46-49,55,57,62-63,67H,6-8,10,12-14,16,18-20,22,24-26,28,30-32,34-35,37-39,41,43-45,50-54,56,58-61H2,1-5H3,(H-,65,68,69,70)/b11-9-,17-15-,23-21-,29-27-,36-33-,42-40-,48-46-,49-47+,57-55+. The number of phosphoric acid groups is 1. The zero-order valence-electron chi connectivity index (χ0n) is 47.8. The minimum Gasteiger partial charge on any atom is -0.756 e. The smallest absolute Gasteiger partial charge is 0.268 e. The van der Waals surface area contributed by atoms with Crippen molar-refractivity contribution < 1.29 is 32.9 Å². The van der Waals surface area contributed by atoms with Gasteiger partial charge in [-0.2, -0.15) is 0 Å². The summed E-state index contributed by atoms with van der Waals surface area (Å²) in [6, 6.07) is -0.931. The third kappa shape index (κ3) is 56.7. The number of amides is 1. The highest BCUT2D eigenvalue weighted by Gasteiger charge is 2.23. The average Bonchev–Trinajstić information content (AvgIpc) is 3.35. The number of allylic oxidation sites excluding steroid dienone is 17. The molecule has 0 radical (unpaired) electrons. The summed E-state index contributed by atoms with van der Waals surface area (Å²) in [6.07, 6.45) is 78.9. The van der Waals surface area contributed by atoms with Crippen molar-refractivity contribution in [1.29, 1.82) is 0 Å². The summed E-state index contributed by atoms with van der Waals surface area (Å²) in [7, 11) is 1.21. The van der Waals surface area contributed by atoms with E-state index in [2.05, 4.69) is 116 Å². The lowest BCUT2D eigenvalue weighted by molar-refractivity contribution is -0.870. The third-order valence-corrected chi connectivity index (χ3v) is 13.7. The Morgan fingerprint density at radius 3 is 1.27 bits per heavy atom. The Balaban J connectivity index is 4.35. The highest BCUT2D eigenvalue weighted by molar-refractivity contribution is 7.45. The molecule has 420 valence electrons. The Morgan fingerprint density at radius 1 is 0.493 bits per heavy atom. The third-order valence-electron chi connectivity index (χ3n) is 12.7. The number of aliphatic hydroxyl groups is 1. The zero-order valence-corrected chi connectivity index (χ0v) is 48.7. The molecule has 1 amide bonds.